The standard InChI is InChI=1S/C12H15NO3/c1-12(2)7-16-11(15)13-10(12)8-3-5-9(14)6-4-8/h3-6,10,14H,7H2,1-2H3,(H,13,15)/t10-/m1/s1. The van der Waals surface area contributed by atoms with Crippen molar-refractivity contribution in [1.82, 2.24) is 5.32 Å². The molecule has 4 heteroatoms. The third-order valence-corrected chi connectivity index (χ3v) is 2.85. The van der Waals surface area contributed by atoms with Gasteiger partial charge in [-0.1, -0.05) is 26.0 Å². The number of carbonyl (C=O) groups excluding carboxylic acids is 1. The second-order valence-corrected chi connectivity index (χ2v) is 4.73. The third-order valence-electron chi connectivity index (χ3n) is 2.85. The van der Waals surface area contributed by atoms with Crippen molar-refractivity contribution < 1.29 is 14.6 Å². The molecule has 1 fully saturated rings. The van der Waals surface area contributed by atoms with E-state index in [9.17, 15) is 9.90 Å². The summed E-state index contributed by atoms with van der Waals surface area (Å²) < 4.78 is 4.97. The molecule has 0 bridgehead atoms. The molecule has 1 aliphatic rings. The number of aromatic hydroxyl groups is 1. The maximum atomic E-state index is 11.2. The first kappa shape index (κ1) is 10.8. The van der Waals surface area contributed by atoms with Gasteiger partial charge < -0.3 is 15.2 Å². The average molecular weight is 221 g/mol. The Morgan fingerprint density at radius 2 is 2.00 bits per heavy atom. The van der Waals surface area contributed by atoms with Crippen LogP contribution in [-0.4, -0.2) is 17.8 Å². The largest absolute Gasteiger partial charge is 0.508 e. The second kappa shape index (κ2) is 3.70. The molecule has 1 heterocycles. The molecule has 1 aliphatic heterocycles. The summed E-state index contributed by atoms with van der Waals surface area (Å²) in [7, 11) is 0. The van der Waals surface area contributed by atoms with Crippen LogP contribution in [0.15, 0.2) is 24.3 Å². The van der Waals surface area contributed by atoms with Gasteiger partial charge in [-0.2, -0.15) is 0 Å². The number of rotatable bonds is 1. The SMILES string of the molecule is CC1(C)COC(=O)N[C@@H]1c1ccc(O)cc1. The predicted molar refractivity (Wildman–Crippen MR) is 59.1 cm³/mol. The Morgan fingerprint density at radius 1 is 1.38 bits per heavy atom. The Balaban J connectivity index is 2.30. The zero-order valence-electron chi connectivity index (χ0n) is 9.36. The highest BCUT2D eigenvalue weighted by molar-refractivity contribution is 5.69. The molecule has 0 aromatic heterocycles. The van der Waals surface area contributed by atoms with E-state index >= 15 is 0 Å². The van der Waals surface area contributed by atoms with E-state index in [4.69, 9.17) is 4.74 Å². The van der Waals surface area contributed by atoms with E-state index in [1.807, 2.05) is 26.0 Å². The monoisotopic (exact) mass is 221 g/mol. The molecule has 0 radical (unpaired) electrons. The maximum Gasteiger partial charge on any atom is 0.407 e. The van der Waals surface area contributed by atoms with E-state index in [1.54, 1.807) is 12.1 Å². The molecule has 0 unspecified atom stereocenters. The molecule has 1 amide bonds. The van der Waals surface area contributed by atoms with E-state index in [0.29, 0.717) is 6.61 Å². The Bertz CT molecular complexity index is 397. The first-order chi connectivity index (χ1) is 7.49. The minimum atomic E-state index is -0.391. The number of benzene rings is 1. The van der Waals surface area contributed by atoms with Crippen molar-refractivity contribution in [3.8, 4) is 5.75 Å². The topological polar surface area (TPSA) is 58.6 Å². The van der Waals surface area contributed by atoms with Crippen LogP contribution >= 0.6 is 0 Å². The lowest BCUT2D eigenvalue weighted by Gasteiger charge is -2.38. The van der Waals surface area contributed by atoms with Crippen molar-refractivity contribution in [2.24, 2.45) is 5.41 Å². The maximum absolute atomic E-state index is 11.2. The number of carbonyl (C=O) groups is 1. The predicted octanol–water partition coefficient (Wildman–Crippen LogP) is 2.20. The van der Waals surface area contributed by atoms with Gasteiger partial charge in [-0.3, -0.25) is 0 Å². The molecule has 1 aromatic rings. The number of nitrogens with one attached hydrogen (secondary N) is 1. The molecule has 86 valence electrons. The molecule has 0 spiro atoms. The Kier molecular flexibility index (Phi) is 2.50. The fourth-order valence-corrected chi connectivity index (χ4v) is 1.89. The molecule has 1 aromatic carbocycles. The van der Waals surface area contributed by atoms with Gasteiger partial charge in [0.25, 0.3) is 0 Å². The van der Waals surface area contributed by atoms with Crippen LogP contribution < -0.4 is 5.32 Å². The zero-order valence-corrected chi connectivity index (χ0v) is 9.36. The number of ether oxygens (including phenoxy) is 1. The zero-order chi connectivity index (χ0) is 11.8. The van der Waals surface area contributed by atoms with Crippen molar-refractivity contribution in [1.29, 1.82) is 0 Å². The summed E-state index contributed by atoms with van der Waals surface area (Å²) in [5, 5.41) is 12.0. The average Bonchev–Trinajstić information content (AvgIpc) is 2.23. The Labute approximate surface area is 94.2 Å². The van der Waals surface area contributed by atoms with E-state index in [-0.39, 0.29) is 17.2 Å². The highest BCUT2D eigenvalue weighted by Gasteiger charge is 2.37. The lowest BCUT2D eigenvalue weighted by atomic mass is 9.80. The van der Waals surface area contributed by atoms with E-state index in [2.05, 4.69) is 5.32 Å². The quantitative estimate of drug-likeness (QED) is 0.764. The molecule has 0 aliphatic carbocycles. The fourth-order valence-electron chi connectivity index (χ4n) is 1.89. The summed E-state index contributed by atoms with van der Waals surface area (Å²) >= 11 is 0. The lowest BCUT2D eigenvalue weighted by molar-refractivity contribution is 0.0387. The number of hydrogen-bond acceptors (Lipinski definition) is 3. The van der Waals surface area contributed by atoms with Gasteiger partial charge in [0.1, 0.15) is 12.4 Å². The van der Waals surface area contributed by atoms with Crippen LogP contribution in [-0.2, 0) is 4.74 Å². The summed E-state index contributed by atoms with van der Waals surface area (Å²) in [6.45, 7) is 4.46. The van der Waals surface area contributed by atoms with Crippen molar-refractivity contribution in [3.63, 3.8) is 0 Å². The van der Waals surface area contributed by atoms with Gasteiger partial charge in [0.15, 0.2) is 0 Å². The highest BCUT2D eigenvalue weighted by Crippen LogP contribution is 2.36. The molecule has 1 saturated heterocycles. The van der Waals surface area contributed by atoms with Crippen LogP contribution in [0.4, 0.5) is 4.79 Å². The minimum absolute atomic E-state index is 0.0886. The summed E-state index contributed by atoms with van der Waals surface area (Å²) in [5.74, 6) is 0.222. The second-order valence-electron chi connectivity index (χ2n) is 4.73. The number of hydrogen-bond donors (Lipinski definition) is 2. The number of alkyl carbamates (subject to hydrolysis) is 1. The lowest BCUT2D eigenvalue weighted by Crippen LogP contribution is -2.46. The summed E-state index contributed by atoms with van der Waals surface area (Å²) in [6, 6.07) is 6.77. The van der Waals surface area contributed by atoms with Crippen molar-refractivity contribution >= 4 is 6.09 Å². The van der Waals surface area contributed by atoms with Gasteiger partial charge in [-0.25, -0.2) is 4.79 Å². The van der Waals surface area contributed by atoms with Crippen molar-refractivity contribution in [2.75, 3.05) is 6.61 Å². The summed E-state index contributed by atoms with van der Waals surface area (Å²) in [5.41, 5.74) is 0.810. The molecule has 0 saturated carbocycles. The van der Waals surface area contributed by atoms with Gasteiger partial charge in [0, 0.05) is 5.41 Å². The number of cyclic esters (lactones) is 1. The molecular formula is C12H15NO3. The van der Waals surface area contributed by atoms with Crippen LogP contribution in [0.2, 0.25) is 0 Å². The highest BCUT2D eigenvalue weighted by atomic mass is 16.6. The van der Waals surface area contributed by atoms with Crippen LogP contribution in [0, 0.1) is 5.41 Å². The number of amides is 1. The molecule has 16 heavy (non-hydrogen) atoms. The van der Waals surface area contributed by atoms with Crippen LogP contribution in [0.3, 0.4) is 0 Å². The molecular weight excluding hydrogens is 206 g/mol. The number of phenols is 1. The van der Waals surface area contributed by atoms with E-state index in [0.717, 1.165) is 5.56 Å². The normalized spacial score (nSPS) is 23.4. The Morgan fingerprint density at radius 3 is 2.62 bits per heavy atom. The van der Waals surface area contributed by atoms with Crippen molar-refractivity contribution in [2.45, 2.75) is 19.9 Å². The first-order valence-electron chi connectivity index (χ1n) is 5.21. The van der Waals surface area contributed by atoms with Crippen molar-refractivity contribution in [3.05, 3.63) is 29.8 Å². The van der Waals surface area contributed by atoms with Gasteiger partial charge in [0.2, 0.25) is 0 Å². The van der Waals surface area contributed by atoms with Gasteiger partial charge >= 0.3 is 6.09 Å². The molecule has 1 atom stereocenters. The minimum Gasteiger partial charge on any atom is -0.508 e. The molecule has 4 nitrogen and oxygen atoms in total. The van der Waals surface area contributed by atoms with E-state index in [1.165, 1.54) is 0 Å². The van der Waals surface area contributed by atoms with Crippen LogP contribution in [0.1, 0.15) is 25.5 Å². The first-order valence-corrected chi connectivity index (χ1v) is 5.21. The molecule has 2 rings (SSSR count). The number of phenolic OH excluding ortho intramolecular Hbond substituents is 1. The summed E-state index contributed by atoms with van der Waals surface area (Å²) in [6.07, 6.45) is -0.391. The van der Waals surface area contributed by atoms with Gasteiger partial charge in [-0.15, -0.1) is 0 Å². The Hall–Kier alpha value is -1.71. The smallest absolute Gasteiger partial charge is 0.407 e. The van der Waals surface area contributed by atoms with E-state index < -0.39 is 6.09 Å². The van der Waals surface area contributed by atoms with Crippen LogP contribution in [0.25, 0.3) is 0 Å². The van der Waals surface area contributed by atoms with Gasteiger partial charge in [-0.05, 0) is 17.7 Å². The molecule has 2 N–H and O–H groups in total. The third kappa shape index (κ3) is 1.96. The summed E-state index contributed by atoms with van der Waals surface area (Å²) in [4.78, 5) is 11.2. The van der Waals surface area contributed by atoms with Crippen LogP contribution in [0.5, 0.6) is 5.75 Å². The fraction of sp³-hybridized carbons (Fsp3) is 0.417. The van der Waals surface area contributed by atoms with Gasteiger partial charge in [0.05, 0.1) is 6.04 Å².